The van der Waals surface area contributed by atoms with Crippen LogP contribution in [0.2, 0.25) is 0 Å². The van der Waals surface area contributed by atoms with Crippen LogP contribution >= 0.6 is 11.8 Å². The van der Waals surface area contributed by atoms with Crippen LogP contribution in [0.5, 0.6) is 0 Å². The number of rotatable bonds is 6. The number of nitrogens with zero attached hydrogens (tertiary/aromatic N) is 5. The zero-order valence-electron chi connectivity index (χ0n) is 13.3. The standard InChI is InChI=1S/C16H21N5OS/c1-2-20(13-8-4-3-5-9-13)15(22)12-23-16-17-18-19-21(16)14-10-6-7-11-14/h3-5,8-9,14H,2,6-7,10-12H2,1H3. The number of carbonyl (C=O) groups excluding carboxylic acids is 1. The average molecular weight is 331 g/mol. The Kier molecular flexibility index (Phi) is 5.27. The number of hydrogen-bond donors (Lipinski definition) is 0. The number of aromatic nitrogens is 4. The maximum absolute atomic E-state index is 12.5. The number of benzene rings is 1. The molecule has 1 aliphatic rings. The molecule has 0 spiro atoms. The van der Waals surface area contributed by atoms with Gasteiger partial charge in [-0.1, -0.05) is 42.8 Å². The fourth-order valence-corrected chi connectivity index (χ4v) is 3.79. The van der Waals surface area contributed by atoms with E-state index >= 15 is 0 Å². The van der Waals surface area contributed by atoms with E-state index in [-0.39, 0.29) is 5.91 Å². The van der Waals surface area contributed by atoms with Gasteiger partial charge in [0.1, 0.15) is 0 Å². The predicted molar refractivity (Wildman–Crippen MR) is 90.5 cm³/mol. The quantitative estimate of drug-likeness (QED) is 0.762. The lowest BCUT2D eigenvalue weighted by molar-refractivity contribution is -0.116. The Morgan fingerprint density at radius 3 is 2.74 bits per heavy atom. The van der Waals surface area contributed by atoms with Crippen LogP contribution in [0.15, 0.2) is 35.5 Å². The van der Waals surface area contributed by atoms with Crippen LogP contribution < -0.4 is 4.90 Å². The highest BCUT2D eigenvalue weighted by Crippen LogP contribution is 2.31. The Bertz CT molecular complexity index is 639. The summed E-state index contributed by atoms with van der Waals surface area (Å²) in [6.07, 6.45) is 4.70. The van der Waals surface area contributed by atoms with Gasteiger partial charge in [-0.3, -0.25) is 4.79 Å². The largest absolute Gasteiger partial charge is 0.312 e. The average Bonchev–Trinajstić information content (AvgIpc) is 3.25. The molecule has 0 saturated heterocycles. The van der Waals surface area contributed by atoms with Crippen molar-refractivity contribution in [2.45, 2.75) is 43.8 Å². The number of carbonyl (C=O) groups is 1. The predicted octanol–water partition coefficient (Wildman–Crippen LogP) is 2.93. The molecule has 0 radical (unpaired) electrons. The lowest BCUT2D eigenvalue weighted by Crippen LogP contribution is -2.32. The summed E-state index contributed by atoms with van der Waals surface area (Å²) in [5.41, 5.74) is 0.927. The van der Waals surface area contributed by atoms with Crippen LogP contribution in [-0.4, -0.2) is 38.4 Å². The Morgan fingerprint density at radius 2 is 2.04 bits per heavy atom. The topological polar surface area (TPSA) is 63.9 Å². The van der Waals surface area contributed by atoms with E-state index in [0.29, 0.717) is 18.3 Å². The molecular formula is C16H21N5OS. The summed E-state index contributed by atoms with van der Waals surface area (Å²) in [5, 5.41) is 12.7. The third kappa shape index (κ3) is 3.72. The van der Waals surface area contributed by atoms with Crippen molar-refractivity contribution in [1.29, 1.82) is 0 Å². The molecule has 0 atom stereocenters. The molecule has 1 aromatic heterocycles. The minimum absolute atomic E-state index is 0.0738. The van der Waals surface area contributed by atoms with Gasteiger partial charge in [-0.2, -0.15) is 0 Å². The van der Waals surface area contributed by atoms with Gasteiger partial charge in [0.05, 0.1) is 11.8 Å². The second kappa shape index (κ2) is 7.59. The fourth-order valence-electron chi connectivity index (χ4n) is 2.97. The highest BCUT2D eigenvalue weighted by atomic mass is 32.2. The Hall–Kier alpha value is -1.89. The van der Waals surface area contributed by atoms with E-state index in [2.05, 4.69) is 15.5 Å². The number of para-hydroxylation sites is 1. The fraction of sp³-hybridized carbons (Fsp3) is 0.500. The highest BCUT2D eigenvalue weighted by Gasteiger charge is 2.23. The van der Waals surface area contributed by atoms with Crippen molar-refractivity contribution < 1.29 is 4.79 Å². The minimum atomic E-state index is 0.0738. The highest BCUT2D eigenvalue weighted by molar-refractivity contribution is 7.99. The van der Waals surface area contributed by atoms with Crippen LogP contribution in [0, 0.1) is 0 Å². The lowest BCUT2D eigenvalue weighted by atomic mass is 10.3. The molecule has 1 amide bonds. The second-order valence-corrected chi connectivity index (χ2v) is 6.55. The molecule has 23 heavy (non-hydrogen) atoms. The smallest absolute Gasteiger partial charge is 0.237 e. The van der Waals surface area contributed by atoms with Gasteiger partial charge in [0.15, 0.2) is 0 Å². The van der Waals surface area contributed by atoms with Crippen molar-refractivity contribution in [1.82, 2.24) is 20.2 Å². The summed E-state index contributed by atoms with van der Waals surface area (Å²) in [6, 6.07) is 10.1. The van der Waals surface area contributed by atoms with Crippen LogP contribution in [0.3, 0.4) is 0 Å². The van der Waals surface area contributed by atoms with Gasteiger partial charge in [-0.25, -0.2) is 4.68 Å². The Morgan fingerprint density at radius 1 is 1.30 bits per heavy atom. The number of amides is 1. The van der Waals surface area contributed by atoms with Crippen molar-refractivity contribution in [3.63, 3.8) is 0 Å². The van der Waals surface area contributed by atoms with E-state index in [1.54, 1.807) is 4.90 Å². The first kappa shape index (κ1) is 16.0. The molecule has 7 heteroatoms. The maximum Gasteiger partial charge on any atom is 0.237 e. The van der Waals surface area contributed by atoms with Gasteiger partial charge in [0.25, 0.3) is 0 Å². The summed E-state index contributed by atoms with van der Waals surface area (Å²) in [5.74, 6) is 0.417. The van der Waals surface area contributed by atoms with Crippen molar-refractivity contribution in [3.8, 4) is 0 Å². The molecule has 122 valence electrons. The van der Waals surface area contributed by atoms with Crippen molar-refractivity contribution in [3.05, 3.63) is 30.3 Å². The summed E-state index contributed by atoms with van der Waals surface area (Å²) in [6.45, 7) is 2.63. The molecular weight excluding hydrogens is 310 g/mol. The SMILES string of the molecule is CCN(C(=O)CSc1nnnn1C1CCCC1)c1ccccc1. The number of anilines is 1. The van der Waals surface area contributed by atoms with Gasteiger partial charge in [0, 0.05) is 12.2 Å². The molecule has 0 bridgehead atoms. The lowest BCUT2D eigenvalue weighted by Gasteiger charge is -2.20. The van der Waals surface area contributed by atoms with E-state index < -0.39 is 0 Å². The van der Waals surface area contributed by atoms with E-state index in [0.717, 1.165) is 23.7 Å². The van der Waals surface area contributed by atoms with Crippen molar-refractivity contribution in [2.75, 3.05) is 17.2 Å². The molecule has 0 N–H and O–H groups in total. The van der Waals surface area contributed by atoms with Crippen LogP contribution in [0.25, 0.3) is 0 Å². The van der Waals surface area contributed by atoms with Crippen LogP contribution in [0.4, 0.5) is 5.69 Å². The third-order valence-electron chi connectivity index (χ3n) is 4.14. The molecule has 1 aliphatic carbocycles. The Balaban J connectivity index is 1.64. The zero-order valence-corrected chi connectivity index (χ0v) is 14.1. The van der Waals surface area contributed by atoms with Gasteiger partial charge in [0.2, 0.25) is 11.1 Å². The minimum Gasteiger partial charge on any atom is -0.312 e. The van der Waals surface area contributed by atoms with E-state index in [4.69, 9.17) is 0 Å². The summed E-state index contributed by atoms with van der Waals surface area (Å²) >= 11 is 1.42. The first-order valence-electron chi connectivity index (χ1n) is 8.05. The summed E-state index contributed by atoms with van der Waals surface area (Å²) < 4.78 is 1.89. The monoisotopic (exact) mass is 331 g/mol. The van der Waals surface area contributed by atoms with Gasteiger partial charge in [-0.05, 0) is 42.3 Å². The van der Waals surface area contributed by atoms with Crippen LogP contribution in [-0.2, 0) is 4.79 Å². The van der Waals surface area contributed by atoms with Crippen molar-refractivity contribution in [2.24, 2.45) is 0 Å². The van der Waals surface area contributed by atoms with E-state index in [1.807, 2.05) is 41.9 Å². The molecule has 0 aliphatic heterocycles. The summed E-state index contributed by atoms with van der Waals surface area (Å²) in [4.78, 5) is 14.3. The first-order chi connectivity index (χ1) is 11.3. The molecule has 1 saturated carbocycles. The number of tetrazole rings is 1. The van der Waals surface area contributed by atoms with E-state index in [1.165, 1.54) is 24.6 Å². The molecule has 1 fully saturated rings. The summed E-state index contributed by atoms with van der Waals surface area (Å²) in [7, 11) is 0. The zero-order chi connectivity index (χ0) is 16.1. The maximum atomic E-state index is 12.5. The molecule has 1 aromatic carbocycles. The number of hydrogen-bond acceptors (Lipinski definition) is 5. The molecule has 6 nitrogen and oxygen atoms in total. The molecule has 0 unspecified atom stereocenters. The van der Waals surface area contributed by atoms with Crippen molar-refractivity contribution >= 4 is 23.4 Å². The first-order valence-corrected chi connectivity index (χ1v) is 9.04. The normalized spacial score (nSPS) is 15.0. The van der Waals surface area contributed by atoms with Gasteiger partial charge < -0.3 is 4.90 Å². The van der Waals surface area contributed by atoms with Gasteiger partial charge in [-0.15, -0.1) is 5.10 Å². The number of thioether (sulfide) groups is 1. The van der Waals surface area contributed by atoms with Gasteiger partial charge >= 0.3 is 0 Å². The van der Waals surface area contributed by atoms with Crippen LogP contribution in [0.1, 0.15) is 38.6 Å². The third-order valence-corrected chi connectivity index (χ3v) is 5.06. The molecule has 3 rings (SSSR count). The molecule has 1 heterocycles. The second-order valence-electron chi connectivity index (χ2n) is 5.61. The van der Waals surface area contributed by atoms with E-state index in [9.17, 15) is 4.79 Å². The molecule has 2 aromatic rings. The Labute approximate surface area is 140 Å².